The van der Waals surface area contributed by atoms with Crippen LogP contribution in [-0.2, 0) is 21.5 Å². The van der Waals surface area contributed by atoms with Gasteiger partial charge in [0.1, 0.15) is 0 Å². The number of halogens is 1. The molecule has 6 nitrogen and oxygen atoms in total. The molecular formula is C29H43ClN2O4. The van der Waals surface area contributed by atoms with E-state index in [9.17, 15) is 14.7 Å². The number of aryl methyl sites for hydroxylation is 1. The molecule has 1 aromatic rings. The fraction of sp³-hybridized carbons (Fsp3) is 0.655. The van der Waals surface area contributed by atoms with Crippen LogP contribution in [0.1, 0.15) is 84.8 Å². The molecule has 2 amide bonds. The van der Waals surface area contributed by atoms with Gasteiger partial charge in [0.05, 0.1) is 5.54 Å². The number of ether oxygens (including phenoxy) is 1. The van der Waals surface area contributed by atoms with Gasteiger partial charge in [-0.15, -0.1) is 0 Å². The zero-order valence-electron chi connectivity index (χ0n) is 22.9. The number of carboxylic acids is 1. The van der Waals surface area contributed by atoms with Crippen molar-refractivity contribution in [3.63, 3.8) is 0 Å². The molecule has 7 heteroatoms. The lowest BCUT2D eigenvalue weighted by Gasteiger charge is -2.50. The van der Waals surface area contributed by atoms with Crippen molar-refractivity contribution in [1.82, 2.24) is 10.2 Å². The van der Waals surface area contributed by atoms with Crippen LogP contribution in [0.15, 0.2) is 30.0 Å². The van der Waals surface area contributed by atoms with E-state index < -0.39 is 16.9 Å². The molecule has 0 radical (unpaired) electrons. The van der Waals surface area contributed by atoms with E-state index in [0.29, 0.717) is 24.0 Å². The number of carbonyl (C=O) groups excluding carboxylic acids is 1. The number of carboxylic acid groups (broad SMARTS) is 1. The molecule has 36 heavy (non-hydrogen) atoms. The standard InChI is InChI=1S/C29H43ClN2O4/c1-27(2,3)12-10-20-8-9-21(16-23(20)30)29(6)24(28(4,5)13-11-25(33)34)17-32(26(35)31-29)22-14-19(15-22)18-36-7/h8-9,16-17,19,22H,10-15,18H2,1-7H3,(H,31,35)(H,33,34)/t19?,22?,29-/m0/s1. The number of amides is 2. The minimum atomic E-state index is -0.824. The highest BCUT2D eigenvalue weighted by atomic mass is 35.5. The third-order valence-electron chi connectivity index (χ3n) is 7.87. The first-order chi connectivity index (χ1) is 16.7. The third kappa shape index (κ3) is 6.44. The van der Waals surface area contributed by atoms with E-state index in [-0.39, 0.29) is 23.9 Å². The lowest BCUT2D eigenvalue weighted by atomic mass is 9.68. The molecule has 1 fully saturated rings. The molecule has 1 aliphatic carbocycles. The van der Waals surface area contributed by atoms with Gasteiger partial charge in [-0.2, -0.15) is 0 Å². The van der Waals surface area contributed by atoms with Crippen molar-refractivity contribution < 1.29 is 19.4 Å². The molecule has 0 unspecified atom stereocenters. The molecule has 1 atom stereocenters. The molecular weight excluding hydrogens is 476 g/mol. The first kappa shape index (κ1) is 28.5. The maximum atomic E-state index is 13.4. The second-order valence-corrected chi connectivity index (χ2v) is 13.0. The van der Waals surface area contributed by atoms with E-state index in [4.69, 9.17) is 16.3 Å². The van der Waals surface area contributed by atoms with Gasteiger partial charge < -0.3 is 15.2 Å². The summed E-state index contributed by atoms with van der Waals surface area (Å²) in [6, 6.07) is 6.07. The maximum Gasteiger partial charge on any atom is 0.322 e. The van der Waals surface area contributed by atoms with Crippen molar-refractivity contribution in [2.45, 2.75) is 91.6 Å². The maximum absolute atomic E-state index is 13.4. The summed E-state index contributed by atoms with van der Waals surface area (Å²) in [5, 5.41) is 13.4. The number of hydrogen-bond acceptors (Lipinski definition) is 3. The number of urea groups is 1. The Morgan fingerprint density at radius 1 is 1.22 bits per heavy atom. The van der Waals surface area contributed by atoms with Gasteiger partial charge in [-0.3, -0.25) is 9.69 Å². The zero-order chi connectivity index (χ0) is 26.9. The Bertz CT molecular complexity index is 1010. The number of benzene rings is 1. The minimum absolute atomic E-state index is 0.0558. The van der Waals surface area contributed by atoms with Gasteiger partial charge in [-0.1, -0.05) is 58.4 Å². The Morgan fingerprint density at radius 2 is 1.89 bits per heavy atom. The number of carbonyl (C=O) groups is 2. The number of nitrogens with zero attached hydrogens (tertiary/aromatic N) is 1. The summed E-state index contributed by atoms with van der Waals surface area (Å²) in [5.74, 6) is -0.368. The highest BCUT2D eigenvalue weighted by Crippen LogP contribution is 2.47. The van der Waals surface area contributed by atoms with Gasteiger partial charge in [-0.25, -0.2) is 4.79 Å². The molecule has 1 aromatic carbocycles. The van der Waals surface area contributed by atoms with E-state index in [1.54, 1.807) is 7.11 Å². The van der Waals surface area contributed by atoms with Crippen LogP contribution < -0.4 is 5.32 Å². The van der Waals surface area contributed by atoms with Crippen LogP contribution in [0.5, 0.6) is 0 Å². The van der Waals surface area contributed by atoms with Crippen LogP contribution >= 0.6 is 11.6 Å². The lowest BCUT2D eigenvalue weighted by molar-refractivity contribution is -0.137. The summed E-state index contributed by atoms with van der Waals surface area (Å²) in [5.41, 5.74) is 1.92. The van der Waals surface area contributed by atoms with Crippen molar-refractivity contribution in [3.05, 3.63) is 46.1 Å². The van der Waals surface area contributed by atoms with Crippen LogP contribution in [0.4, 0.5) is 4.79 Å². The highest BCUT2D eigenvalue weighted by Gasteiger charge is 2.47. The topological polar surface area (TPSA) is 78.9 Å². The smallest absolute Gasteiger partial charge is 0.322 e. The Morgan fingerprint density at radius 3 is 2.44 bits per heavy atom. The average molecular weight is 519 g/mol. The van der Waals surface area contributed by atoms with Crippen molar-refractivity contribution in [3.8, 4) is 0 Å². The molecule has 0 bridgehead atoms. The molecule has 2 N–H and O–H groups in total. The van der Waals surface area contributed by atoms with Crippen LogP contribution in [0, 0.1) is 16.7 Å². The SMILES string of the molecule is COCC1CC(N2C=C(C(C)(C)CCC(=O)O)[C@](C)(c3ccc(CCC(C)(C)C)c(Cl)c3)NC2=O)C1. The molecule has 0 saturated heterocycles. The number of aliphatic carboxylic acids is 1. The van der Waals surface area contributed by atoms with Crippen LogP contribution in [0.2, 0.25) is 5.02 Å². The Kier molecular flexibility index (Phi) is 8.51. The second-order valence-electron chi connectivity index (χ2n) is 12.6. The van der Waals surface area contributed by atoms with Gasteiger partial charge in [0, 0.05) is 37.4 Å². The molecule has 0 spiro atoms. The summed E-state index contributed by atoms with van der Waals surface area (Å²) in [7, 11) is 1.70. The molecule has 1 aliphatic heterocycles. The van der Waals surface area contributed by atoms with Crippen LogP contribution in [-0.4, -0.2) is 41.8 Å². The third-order valence-corrected chi connectivity index (χ3v) is 8.22. The zero-order valence-corrected chi connectivity index (χ0v) is 23.7. The normalized spacial score (nSPS) is 24.7. The highest BCUT2D eigenvalue weighted by molar-refractivity contribution is 6.31. The lowest BCUT2D eigenvalue weighted by Crippen LogP contribution is -2.60. The van der Waals surface area contributed by atoms with Gasteiger partial charge in [-0.05, 0) is 78.5 Å². The molecule has 0 aromatic heterocycles. The Balaban J connectivity index is 1.97. The second kappa shape index (κ2) is 10.7. The molecule has 1 saturated carbocycles. The molecule has 1 heterocycles. The minimum Gasteiger partial charge on any atom is -0.481 e. The quantitative estimate of drug-likeness (QED) is 0.358. The van der Waals surface area contributed by atoms with E-state index in [1.165, 1.54) is 0 Å². The summed E-state index contributed by atoms with van der Waals surface area (Å²) >= 11 is 6.76. The Hall–Kier alpha value is -2.05. The van der Waals surface area contributed by atoms with Gasteiger partial charge in [0.2, 0.25) is 0 Å². The fourth-order valence-corrected chi connectivity index (χ4v) is 5.72. The summed E-state index contributed by atoms with van der Waals surface area (Å²) in [4.78, 5) is 26.6. The average Bonchev–Trinajstić information content (AvgIpc) is 2.73. The Labute approximate surface area is 221 Å². The summed E-state index contributed by atoms with van der Waals surface area (Å²) in [6.45, 7) is 13.5. The van der Waals surface area contributed by atoms with E-state index >= 15 is 0 Å². The first-order valence-electron chi connectivity index (χ1n) is 13.0. The number of hydrogen-bond donors (Lipinski definition) is 2. The van der Waals surface area contributed by atoms with Crippen molar-refractivity contribution >= 4 is 23.6 Å². The van der Waals surface area contributed by atoms with Crippen molar-refractivity contribution in [1.29, 1.82) is 0 Å². The van der Waals surface area contributed by atoms with Crippen molar-refractivity contribution in [2.24, 2.45) is 16.7 Å². The van der Waals surface area contributed by atoms with Crippen LogP contribution in [0.25, 0.3) is 0 Å². The summed E-state index contributed by atoms with van der Waals surface area (Å²) < 4.78 is 5.28. The molecule has 2 aliphatic rings. The fourth-order valence-electron chi connectivity index (χ4n) is 5.45. The molecule has 3 rings (SSSR count). The number of methoxy groups -OCH3 is 1. The first-order valence-corrected chi connectivity index (χ1v) is 13.4. The summed E-state index contributed by atoms with van der Waals surface area (Å²) in [6.07, 6.45) is 6.19. The predicted molar refractivity (Wildman–Crippen MR) is 144 cm³/mol. The van der Waals surface area contributed by atoms with Crippen molar-refractivity contribution in [2.75, 3.05) is 13.7 Å². The van der Waals surface area contributed by atoms with Gasteiger partial charge in [0.25, 0.3) is 0 Å². The van der Waals surface area contributed by atoms with E-state index in [2.05, 4.69) is 52.1 Å². The largest absolute Gasteiger partial charge is 0.481 e. The van der Waals surface area contributed by atoms with Gasteiger partial charge >= 0.3 is 12.0 Å². The predicted octanol–water partition coefficient (Wildman–Crippen LogP) is 6.76. The monoisotopic (exact) mass is 518 g/mol. The van der Waals surface area contributed by atoms with Gasteiger partial charge in [0.15, 0.2) is 0 Å². The van der Waals surface area contributed by atoms with E-state index in [1.807, 2.05) is 24.1 Å². The number of rotatable bonds is 10. The number of nitrogens with one attached hydrogen (secondary N) is 1. The van der Waals surface area contributed by atoms with E-state index in [0.717, 1.165) is 42.4 Å². The van der Waals surface area contributed by atoms with Crippen LogP contribution in [0.3, 0.4) is 0 Å². The molecule has 200 valence electrons.